The summed E-state index contributed by atoms with van der Waals surface area (Å²) < 4.78 is 0. The maximum Gasteiger partial charge on any atom is 0.262 e. The van der Waals surface area contributed by atoms with E-state index in [9.17, 15) is 24.0 Å². The van der Waals surface area contributed by atoms with E-state index >= 15 is 0 Å². The summed E-state index contributed by atoms with van der Waals surface area (Å²) in [6.07, 6.45) is 5.22. The first-order valence-electron chi connectivity index (χ1n) is 13.0. The molecule has 3 aliphatic rings. The number of amides is 5. The van der Waals surface area contributed by atoms with Gasteiger partial charge in [-0.1, -0.05) is 28.8 Å². The number of carbonyl (C=O) groups is 5. The van der Waals surface area contributed by atoms with E-state index in [0.29, 0.717) is 13.0 Å². The van der Waals surface area contributed by atoms with Crippen LogP contribution in [-0.4, -0.2) is 94.9 Å². The maximum absolute atomic E-state index is 13.0. The van der Waals surface area contributed by atoms with Crippen LogP contribution in [0, 0.1) is 0 Å². The van der Waals surface area contributed by atoms with Crippen molar-refractivity contribution in [3.05, 3.63) is 29.3 Å². The van der Waals surface area contributed by atoms with Gasteiger partial charge < -0.3 is 10.2 Å². The van der Waals surface area contributed by atoms with Crippen molar-refractivity contribution in [2.75, 3.05) is 49.9 Å². The Hall–Kier alpha value is -2.79. The monoisotopic (exact) mass is 575 g/mol. The first-order valence-corrected chi connectivity index (χ1v) is 14.2. The Labute approximate surface area is 225 Å². The predicted octanol–water partition coefficient (Wildman–Crippen LogP) is 1.99. The molecule has 4 rings (SSSR count). The fraction of sp³-hybridized carbons (Fsp3) is 0.577. The minimum Gasteiger partial charge on any atom is -0.384 e. The topological polar surface area (TPSA) is 119 Å². The van der Waals surface area contributed by atoms with Crippen molar-refractivity contribution in [1.82, 2.24) is 20.0 Å². The van der Waals surface area contributed by atoms with Gasteiger partial charge in [-0.25, -0.2) is 0 Å². The zero-order chi connectivity index (χ0) is 26.4. The molecule has 0 bridgehead atoms. The Morgan fingerprint density at radius 2 is 1.70 bits per heavy atom. The van der Waals surface area contributed by atoms with Crippen LogP contribution in [0.4, 0.5) is 5.69 Å². The van der Waals surface area contributed by atoms with Gasteiger partial charge in [-0.3, -0.25) is 39.1 Å². The highest BCUT2D eigenvalue weighted by Crippen LogP contribution is 2.29. The molecule has 37 heavy (non-hydrogen) atoms. The fourth-order valence-corrected chi connectivity index (χ4v) is 5.44. The van der Waals surface area contributed by atoms with Crippen LogP contribution < -0.4 is 10.6 Å². The van der Waals surface area contributed by atoms with Crippen LogP contribution in [0.15, 0.2) is 18.2 Å². The SMILES string of the molecule is O=C1CCC(N2C(=O)c3ccc(NCCN4CCN(C(=O)CCCCCCBr)CC4)cc3C2=O)C(=O)N1. The van der Waals surface area contributed by atoms with E-state index in [2.05, 4.69) is 31.5 Å². The molecule has 2 N–H and O–H groups in total. The second kappa shape index (κ2) is 12.6. The second-order valence-electron chi connectivity index (χ2n) is 9.71. The molecule has 2 fully saturated rings. The summed E-state index contributed by atoms with van der Waals surface area (Å²) in [6, 6.07) is 4.04. The molecule has 0 spiro atoms. The van der Waals surface area contributed by atoms with Crippen molar-refractivity contribution in [1.29, 1.82) is 0 Å². The lowest BCUT2D eigenvalue weighted by molar-refractivity contribution is -0.136. The molecule has 1 atom stereocenters. The number of piperidine rings is 1. The number of imide groups is 2. The predicted molar refractivity (Wildman–Crippen MR) is 142 cm³/mol. The molecule has 3 heterocycles. The summed E-state index contributed by atoms with van der Waals surface area (Å²) in [7, 11) is 0. The van der Waals surface area contributed by atoms with E-state index in [1.165, 1.54) is 0 Å². The number of piperazine rings is 1. The zero-order valence-corrected chi connectivity index (χ0v) is 22.6. The van der Waals surface area contributed by atoms with Crippen LogP contribution in [0.2, 0.25) is 0 Å². The Morgan fingerprint density at radius 1 is 0.973 bits per heavy atom. The van der Waals surface area contributed by atoms with E-state index < -0.39 is 29.7 Å². The molecule has 11 heteroatoms. The van der Waals surface area contributed by atoms with Crippen molar-refractivity contribution in [2.24, 2.45) is 0 Å². The second-order valence-corrected chi connectivity index (χ2v) is 10.5. The van der Waals surface area contributed by atoms with Crippen molar-refractivity contribution >= 4 is 51.2 Å². The van der Waals surface area contributed by atoms with Gasteiger partial charge in [0.25, 0.3) is 11.8 Å². The molecule has 0 aromatic heterocycles. The van der Waals surface area contributed by atoms with Gasteiger partial charge in [0.05, 0.1) is 11.1 Å². The Morgan fingerprint density at radius 3 is 2.43 bits per heavy atom. The van der Waals surface area contributed by atoms with Crippen LogP contribution in [0.5, 0.6) is 0 Å². The van der Waals surface area contributed by atoms with E-state index in [4.69, 9.17) is 0 Å². The van der Waals surface area contributed by atoms with Crippen LogP contribution in [0.3, 0.4) is 0 Å². The number of benzene rings is 1. The highest BCUT2D eigenvalue weighted by Gasteiger charge is 2.44. The Kier molecular flexibility index (Phi) is 9.31. The van der Waals surface area contributed by atoms with Crippen molar-refractivity contribution in [3.8, 4) is 0 Å². The van der Waals surface area contributed by atoms with E-state index in [1.54, 1.807) is 18.2 Å². The van der Waals surface area contributed by atoms with Gasteiger partial charge in [0.1, 0.15) is 6.04 Å². The van der Waals surface area contributed by atoms with Crippen LogP contribution in [-0.2, 0) is 14.4 Å². The maximum atomic E-state index is 13.0. The number of nitrogens with zero attached hydrogens (tertiary/aromatic N) is 3. The summed E-state index contributed by atoms with van der Waals surface area (Å²) in [5, 5.41) is 6.54. The van der Waals surface area contributed by atoms with E-state index in [0.717, 1.165) is 74.3 Å². The highest BCUT2D eigenvalue weighted by atomic mass is 79.9. The quantitative estimate of drug-likeness (QED) is 0.235. The third kappa shape index (κ3) is 6.56. The largest absolute Gasteiger partial charge is 0.384 e. The van der Waals surface area contributed by atoms with Gasteiger partial charge >= 0.3 is 0 Å². The molecular formula is C26H34BrN5O5. The van der Waals surface area contributed by atoms with Crippen molar-refractivity contribution in [2.45, 2.75) is 51.0 Å². The highest BCUT2D eigenvalue weighted by molar-refractivity contribution is 9.09. The zero-order valence-electron chi connectivity index (χ0n) is 21.0. The lowest BCUT2D eigenvalue weighted by Gasteiger charge is -2.35. The number of rotatable bonds is 11. The smallest absolute Gasteiger partial charge is 0.262 e. The van der Waals surface area contributed by atoms with Gasteiger partial charge in [-0.2, -0.15) is 0 Å². The van der Waals surface area contributed by atoms with Crippen molar-refractivity contribution in [3.63, 3.8) is 0 Å². The first kappa shape index (κ1) is 27.3. The number of halogens is 1. The third-order valence-electron chi connectivity index (χ3n) is 7.20. The van der Waals surface area contributed by atoms with E-state index in [-0.39, 0.29) is 29.9 Å². The number of carbonyl (C=O) groups excluding carboxylic acids is 5. The molecule has 200 valence electrons. The molecule has 1 aromatic carbocycles. The first-order chi connectivity index (χ1) is 17.9. The lowest BCUT2D eigenvalue weighted by Crippen LogP contribution is -2.54. The van der Waals surface area contributed by atoms with E-state index in [1.807, 2.05) is 4.90 Å². The van der Waals surface area contributed by atoms with Gasteiger partial charge in [-0.15, -0.1) is 0 Å². The number of hydrogen-bond donors (Lipinski definition) is 2. The standard InChI is InChI=1S/C26H34BrN5O5/c27-10-4-2-1-3-5-23(34)31-15-13-30(14-16-31)12-11-28-18-6-7-19-20(17-18)26(37)32(25(19)36)21-8-9-22(33)29-24(21)35/h6-7,17,21,28H,1-5,8-16H2,(H,29,33,35). The molecule has 0 aliphatic carbocycles. The number of alkyl halides is 1. The number of fused-ring (bicyclic) bond motifs is 1. The summed E-state index contributed by atoms with van der Waals surface area (Å²) in [4.78, 5) is 67.1. The van der Waals surface area contributed by atoms with Gasteiger partial charge in [0, 0.05) is 63.1 Å². The number of nitrogens with one attached hydrogen (secondary N) is 2. The Bertz CT molecular complexity index is 1060. The molecular weight excluding hydrogens is 542 g/mol. The third-order valence-corrected chi connectivity index (χ3v) is 7.76. The molecule has 1 aromatic rings. The number of unbranched alkanes of at least 4 members (excludes halogenated alkanes) is 3. The summed E-state index contributed by atoms with van der Waals surface area (Å²) in [5.41, 5.74) is 1.25. The Balaban J connectivity index is 1.22. The molecule has 1 unspecified atom stereocenters. The van der Waals surface area contributed by atoms with Gasteiger partial charge in [0.15, 0.2) is 0 Å². The average molecular weight is 576 g/mol. The molecule has 2 saturated heterocycles. The molecule has 3 aliphatic heterocycles. The number of hydrogen-bond acceptors (Lipinski definition) is 7. The van der Waals surface area contributed by atoms with Gasteiger partial charge in [-0.05, 0) is 37.5 Å². The van der Waals surface area contributed by atoms with Gasteiger partial charge in [0.2, 0.25) is 17.7 Å². The molecule has 5 amide bonds. The molecule has 0 radical (unpaired) electrons. The lowest BCUT2D eigenvalue weighted by atomic mass is 10.0. The normalized spacial score (nSPS) is 20.3. The van der Waals surface area contributed by atoms with Crippen LogP contribution >= 0.6 is 15.9 Å². The van der Waals surface area contributed by atoms with Crippen LogP contribution in [0.1, 0.15) is 65.7 Å². The van der Waals surface area contributed by atoms with Crippen molar-refractivity contribution < 1.29 is 24.0 Å². The summed E-state index contributed by atoms with van der Waals surface area (Å²) in [6.45, 7) is 4.59. The minimum atomic E-state index is -0.966. The number of anilines is 1. The summed E-state index contributed by atoms with van der Waals surface area (Å²) >= 11 is 3.43. The molecule has 10 nitrogen and oxygen atoms in total. The fourth-order valence-electron chi connectivity index (χ4n) is 5.04. The minimum absolute atomic E-state index is 0.0939. The average Bonchev–Trinajstić information content (AvgIpc) is 3.13. The molecule has 0 saturated carbocycles. The van der Waals surface area contributed by atoms with Crippen LogP contribution in [0.25, 0.3) is 0 Å². The summed E-state index contributed by atoms with van der Waals surface area (Å²) in [5.74, 6) is -1.78.